The predicted molar refractivity (Wildman–Crippen MR) is 67.8 cm³/mol. The summed E-state index contributed by atoms with van der Waals surface area (Å²) in [5.74, 6) is -0.401. The maximum atomic E-state index is 12.9. The molecule has 88 valence electrons. The topological polar surface area (TPSA) is 24.9 Å². The van der Waals surface area contributed by atoms with Crippen molar-refractivity contribution in [2.24, 2.45) is 0 Å². The molecule has 0 radical (unpaired) electrons. The van der Waals surface area contributed by atoms with E-state index in [-0.39, 0.29) is 5.02 Å². The summed E-state index contributed by atoms with van der Waals surface area (Å²) in [6.07, 6.45) is 2.58. The zero-order valence-corrected chi connectivity index (χ0v) is 9.91. The van der Waals surface area contributed by atoms with Gasteiger partial charge in [0.1, 0.15) is 5.82 Å². The molecule has 1 aromatic heterocycles. The van der Waals surface area contributed by atoms with Gasteiger partial charge in [-0.1, -0.05) is 17.7 Å². The number of hydrogen-bond donors (Lipinski definition) is 1. The van der Waals surface area contributed by atoms with E-state index < -0.39 is 5.82 Å². The third kappa shape index (κ3) is 3.43. The first-order valence-corrected chi connectivity index (χ1v) is 5.72. The molecule has 0 unspecified atom stereocenters. The summed E-state index contributed by atoms with van der Waals surface area (Å²) in [6.45, 7) is 0.735. The van der Waals surface area contributed by atoms with E-state index in [0.717, 1.165) is 24.3 Å². The number of nitrogens with zero attached hydrogens (tertiary/aromatic N) is 1. The molecule has 2 rings (SSSR count). The molecule has 2 nitrogen and oxygen atoms in total. The second-order valence-electron chi connectivity index (χ2n) is 3.63. The van der Waals surface area contributed by atoms with E-state index in [0.29, 0.717) is 0 Å². The third-order valence-electron chi connectivity index (χ3n) is 2.36. The number of hydrogen-bond acceptors (Lipinski definition) is 2. The van der Waals surface area contributed by atoms with Gasteiger partial charge in [-0.05, 0) is 30.3 Å². The molecule has 2 aromatic rings. The lowest BCUT2D eigenvalue weighted by atomic mass is 10.2. The maximum absolute atomic E-state index is 12.9. The molecule has 0 spiro atoms. The van der Waals surface area contributed by atoms with Gasteiger partial charge in [0.15, 0.2) is 0 Å². The minimum absolute atomic E-state index is 0.132. The molecule has 0 atom stereocenters. The Hall–Kier alpha value is -1.61. The molecule has 0 saturated heterocycles. The quantitative estimate of drug-likeness (QED) is 0.898. The fraction of sp³-hybridized carbons (Fsp3) is 0.154. The van der Waals surface area contributed by atoms with Crippen LogP contribution in [0.5, 0.6) is 0 Å². The number of anilines is 1. The minimum atomic E-state index is -0.401. The number of aromatic nitrogens is 1. The Kier molecular flexibility index (Phi) is 3.94. The summed E-state index contributed by atoms with van der Waals surface area (Å²) in [5.41, 5.74) is 1.83. The van der Waals surface area contributed by atoms with Crippen LogP contribution in [0.2, 0.25) is 5.02 Å². The highest BCUT2D eigenvalue weighted by molar-refractivity contribution is 6.31. The maximum Gasteiger partial charge on any atom is 0.141 e. The Morgan fingerprint density at radius 1 is 1.24 bits per heavy atom. The van der Waals surface area contributed by atoms with E-state index in [9.17, 15) is 4.39 Å². The number of rotatable bonds is 4. The van der Waals surface area contributed by atoms with Crippen LogP contribution in [0.15, 0.2) is 42.6 Å². The van der Waals surface area contributed by atoms with Crippen molar-refractivity contribution in [3.05, 3.63) is 59.1 Å². The summed E-state index contributed by atoms with van der Waals surface area (Å²) in [5, 5.41) is 3.30. The molecule has 0 aliphatic rings. The van der Waals surface area contributed by atoms with E-state index >= 15 is 0 Å². The van der Waals surface area contributed by atoms with Crippen molar-refractivity contribution in [3.63, 3.8) is 0 Å². The van der Waals surface area contributed by atoms with Gasteiger partial charge < -0.3 is 5.32 Å². The molecule has 0 bridgehead atoms. The van der Waals surface area contributed by atoms with Gasteiger partial charge in [-0.2, -0.15) is 0 Å². The van der Waals surface area contributed by atoms with Gasteiger partial charge in [0.2, 0.25) is 0 Å². The Bertz CT molecular complexity index is 488. The zero-order chi connectivity index (χ0) is 12.1. The normalized spacial score (nSPS) is 10.2. The summed E-state index contributed by atoms with van der Waals surface area (Å²) < 4.78 is 12.9. The van der Waals surface area contributed by atoms with Gasteiger partial charge in [0.25, 0.3) is 0 Å². The molecule has 0 fully saturated rings. The molecule has 1 N–H and O–H groups in total. The van der Waals surface area contributed by atoms with Gasteiger partial charge in [-0.15, -0.1) is 0 Å². The van der Waals surface area contributed by atoms with E-state index in [1.54, 1.807) is 18.3 Å². The Morgan fingerprint density at radius 2 is 2.12 bits per heavy atom. The number of nitrogens with one attached hydrogen (secondary N) is 1. The highest BCUT2D eigenvalue weighted by atomic mass is 35.5. The molecular formula is C13H12ClFN2. The number of pyridine rings is 1. The van der Waals surface area contributed by atoms with Gasteiger partial charge >= 0.3 is 0 Å². The van der Waals surface area contributed by atoms with E-state index in [1.807, 2.05) is 18.2 Å². The summed E-state index contributed by atoms with van der Waals surface area (Å²) in [7, 11) is 0. The van der Waals surface area contributed by atoms with Crippen molar-refractivity contribution in [1.29, 1.82) is 0 Å². The first kappa shape index (κ1) is 11.9. The smallest absolute Gasteiger partial charge is 0.141 e. The van der Waals surface area contributed by atoms with Gasteiger partial charge in [-0.3, -0.25) is 4.98 Å². The van der Waals surface area contributed by atoms with Crippen LogP contribution in [-0.2, 0) is 6.42 Å². The average molecular weight is 251 g/mol. The van der Waals surface area contributed by atoms with Crippen LogP contribution in [0.4, 0.5) is 10.1 Å². The van der Waals surface area contributed by atoms with Crippen LogP contribution in [0.25, 0.3) is 0 Å². The van der Waals surface area contributed by atoms with Crippen molar-refractivity contribution in [2.45, 2.75) is 6.42 Å². The molecule has 1 heterocycles. The fourth-order valence-electron chi connectivity index (χ4n) is 1.49. The van der Waals surface area contributed by atoms with E-state index in [4.69, 9.17) is 11.6 Å². The first-order chi connectivity index (χ1) is 8.25. The fourth-order valence-corrected chi connectivity index (χ4v) is 1.67. The highest BCUT2D eigenvalue weighted by Crippen LogP contribution is 2.19. The third-order valence-corrected chi connectivity index (χ3v) is 2.65. The summed E-state index contributed by atoms with van der Waals surface area (Å²) >= 11 is 5.68. The van der Waals surface area contributed by atoms with Crippen LogP contribution < -0.4 is 5.32 Å². The average Bonchev–Trinajstić information content (AvgIpc) is 2.35. The van der Waals surface area contributed by atoms with Crippen molar-refractivity contribution in [3.8, 4) is 0 Å². The van der Waals surface area contributed by atoms with Crippen LogP contribution >= 0.6 is 11.6 Å². The molecule has 0 aliphatic heterocycles. The lowest BCUT2D eigenvalue weighted by Crippen LogP contribution is -2.05. The molecule has 17 heavy (non-hydrogen) atoms. The highest BCUT2D eigenvalue weighted by Gasteiger charge is 2.00. The number of benzene rings is 1. The Balaban J connectivity index is 1.88. The number of halogens is 2. The minimum Gasteiger partial charge on any atom is -0.385 e. The molecule has 0 amide bonds. The SMILES string of the molecule is Fc1ccc(NCCc2ccccn2)cc1Cl. The summed E-state index contributed by atoms with van der Waals surface area (Å²) in [4.78, 5) is 4.22. The van der Waals surface area contributed by atoms with Gasteiger partial charge in [-0.25, -0.2) is 4.39 Å². The lowest BCUT2D eigenvalue weighted by Gasteiger charge is -2.06. The Morgan fingerprint density at radius 3 is 2.82 bits per heavy atom. The van der Waals surface area contributed by atoms with Crippen molar-refractivity contribution < 1.29 is 4.39 Å². The van der Waals surface area contributed by atoms with Crippen molar-refractivity contribution >= 4 is 17.3 Å². The van der Waals surface area contributed by atoms with Crippen LogP contribution in [0.3, 0.4) is 0 Å². The van der Waals surface area contributed by atoms with Crippen LogP contribution in [0, 0.1) is 5.82 Å². The molecule has 0 saturated carbocycles. The predicted octanol–water partition coefficient (Wildman–Crippen LogP) is 3.53. The second-order valence-corrected chi connectivity index (χ2v) is 4.03. The first-order valence-electron chi connectivity index (χ1n) is 5.34. The molecule has 1 aromatic carbocycles. The Labute approximate surface area is 104 Å². The van der Waals surface area contributed by atoms with Crippen LogP contribution in [-0.4, -0.2) is 11.5 Å². The zero-order valence-electron chi connectivity index (χ0n) is 9.16. The van der Waals surface area contributed by atoms with E-state index in [2.05, 4.69) is 10.3 Å². The van der Waals surface area contributed by atoms with Crippen LogP contribution in [0.1, 0.15) is 5.69 Å². The summed E-state index contributed by atoms with van der Waals surface area (Å²) in [6, 6.07) is 10.4. The van der Waals surface area contributed by atoms with Gasteiger partial charge in [0, 0.05) is 30.5 Å². The second kappa shape index (κ2) is 5.64. The molecule has 0 aliphatic carbocycles. The van der Waals surface area contributed by atoms with Crippen molar-refractivity contribution in [1.82, 2.24) is 4.98 Å². The molecular weight excluding hydrogens is 239 g/mol. The van der Waals surface area contributed by atoms with E-state index in [1.165, 1.54) is 6.07 Å². The van der Waals surface area contributed by atoms with Gasteiger partial charge in [0.05, 0.1) is 5.02 Å². The molecule has 4 heteroatoms. The standard InChI is InChI=1S/C13H12ClFN2/c14-12-9-11(4-5-13(12)15)17-8-6-10-3-1-2-7-16-10/h1-5,7,9,17H,6,8H2. The van der Waals surface area contributed by atoms with Crippen molar-refractivity contribution in [2.75, 3.05) is 11.9 Å². The lowest BCUT2D eigenvalue weighted by molar-refractivity contribution is 0.628. The monoisotopic (exact) mass is 250 g/mol. The largest absolute Gasteiger partial charge is 0.385 e.